The largest absolute Gasteiger partial charge is 0.379 e. The van der Waals surface area contributed by atoms with Crippen LogP contribution in [0.25, 0.3) is 0 Å². The van der Waals surface area contributed by atoms with Gasteiger partial charge in [0.2, 0.25) is 0 Å². The van der Waals surface area contributed by atoms with Gasteiger partial charge in [0.1, 0.15) is 0 Å². The fraction of sp³-hybridized carbons (Fsp3) is 0.950. The first-order valence-electron chi connectivity index (χ1n) is 10.7. The molecule has 1 atom stereocenters. The average Bonchev–Trinajstić information content (AvgIpc) is 2.70. The van der Waals surface area contributed by atoms with Crippen LogP contribution in [0.3, 0.4) is 0 Å². The highest BCUT2D eigenvalue weighted by Gasteiger charge is 2.18. The smallest absolute Gasteiger partial charge is 0.191 e. The van der Waals surface area contributed by atoms with E-state index >= 15 is 0 Å². The molecule has 0 aromatic rings. The lowest BCUT2D eigenvalue weighted by Gasteiger charge is -2.31. The lowest BCUT2D eigenvalue weighted by Crippen LogP contribution is -2.44. The molecule has 2 N–H and O–H groups in total. The van der Waals surface area contributed by atoms with Gasteiger partial charge in [0, 0.05) is 38.3 Å². The van der Waals surface area contributed by atoms with Gasteiger partial charge in [-0.2, -0.15) is 0 Å². The van der Waals surface area contributed by atoms with Gasteiger partial charge in [-0.05, 0) is 46.7 Å². The molecule has 0 radical (unpaired) electrons. The Balaban J connectivity index is 0.00000364. The van der Waals surface area contributed by atoms with Crippen molar-refractivity contribution in [2.24, 2.45) is 4.99 Å². The molecule has 0 amide bonds. The molecule has 27 heavy (non-hydrogen) atoms. The number of nitrogens with one attached hydrogen (secondary N) is 2. The van der Waals surface area contributed by atoms with E-state index in [1.54, 1.807) is 0 Å². The Bertz CT molecular complexity index is 398. The Morgan fingerprint density at radius 2 is 1.89 bits per heavy atom. The van der Waals surface area contributed by atoms with Gasteiger partial charge < -0.3 is 20.3 Å². The van der Waals surface area contributed by atoms with E-state index in [9.17, 15) is 0 Å². The first kappa shape index (κ1) is 24.9. The molecule has 1 aliphatic heterocycles. The van der Waals surface area contributed by atoms with E-state index in [-0.39, 0.29) is 24.0 Å². The fourth-order valence-electron chi connectivity index (χ4n) is 3.94. The van der Waals surface area contributed by atoms with Crippen molar-refractivity contribution in [2.75, 3.05) is 59.5 Å². The van der Waals surface area contributed by atoms with Crippen LogP contribution in [0, 0.1) is 0 Å². The average molecular weight is 495 g/mol. The molecule has 1 saturated heterocycles. The second-order valence-corrected chi connectivity index (χ2v) is 7.77. The minimum atomic E-state index is 0. The minimum absolute atomic E-state index is 0. The Morgan fingerprint density at radius 3 is 2.56 bits per heavy atom. The first-order valence-corrected chi connectivity index (χ1v) is 10.7. The van der Waals surface area contributed by atoms with Crippen molar-refractivity contribution < 1.29 is 4.74 Å². The second-order valence-electron chi connectivity index (χ2n) is 7.77. The maximum Gasteiger partial charge on any atom is 0.191 e. The number of aliphatic imine (C=N–C) groups is 1. The highest BCUT2D eigenvalue weighted by Crippen LogP contribution is 2.21. The van der Waals surface area contributed by atoms with Crippen molar-refractivity contribution in [1.82, 2.24) is 20.4 Å². The molecule has 0 bridgehead atoms. The molecular weight excluding hydrogens is 453 g/mol. The molecule has 0 aromatic carbocycles. The van der Waals surface area contributed by atoms with Crippen LogP contribution >= 0.6 is 24.0 Å². The van der Waals surface area contributed by atoms with Gasteiger partial charge in [-0.1, -0.05) is 19.3 Å². The van der Waals surface area contributed by atoms with Crippen molar-refractivity contribution in [3.05, 3.63) is 0 Å². The van der Waals surface area contributed by atoms with E-state index < -0.39 is 0 Å². The van der Waals surface area contributed by atoms with Crippen LogP contribution in [-0.4, -0.2) is 87.4 Å². The molecule has 0 aromatic heterocycles. The van der Waals surface area contributed by atoms with Gasteiger partial charge in [0.05, 0.1) is 19.8 Å². The maximum absolute atomic E-state index is 5.44. The summed E-state index contributed by atoms with van der Waals surface area (Å²) in [4.78, 5) is 9.82. The number of rotatable bonds is 9. The predicted octanol–water partition coefficient (Wildman–Crippen LogP) is 2.53. The normalized spacial score (nSPS) is 21.0. The molecular formula is C20H42IN5O. The molecule has 1 heterocycles. The molecule has 6 nitrogen and oxygen atoms in total. The second kappa shape index (κ2) is 14.8. The van der Waals surface area contributed by atoms with Gasteiger partial charge in [-0.15, -0.1) is 24.0 Å². The van der Waals surface area contributed by atoms with Gasteiger partial charge in [0.25, 0.3) is 0 Å². The summed E-state index contributed by atoms with van der Waals surface area (Å²) in [6.45, 7) is 12.0. The van der Waals surface area contributed by atoms with Crippen LogP contribution in [-0.2, 0) is 4.74 Å². The highest BCUT2D eigenvalue weighted by atomic mass is 127. The summed E-state index contributed by atoms with van der Waals surface area (Å²) in [6, 6.07) is 1.27. The van der Waals surface area contributed by atoms with E-state index in [1.165, 1.54) is 38.6 Å². The number of hydrogen-bond donors (Lipinski definition) is 2. The van der Waals surface area contributed by atoms with Gasteiger partial charge in [-0.3, -0.25) is 9.89 Å². The predicted molar refractivity (Wildman–Crippen MR) is 125 cm³/mol. The zero-order chi connectivity index (χ0) is 18.6. The summed E-state index contributed by atoms with van der Waals surface area (Å²) in [7, 11) is 2.29. The number of hydrogen-bond acceptors (Lipinski definition) is 4. The Kier molecular flexibility index (Phi) is 13.7. The summed E-state index contributed by atoms with van der Waals surface area (Å²) in [6.07, 6.45) is 8.17. The van der Waals surface area contributed by atoms with Crippen molar-refractivity contribution >= 4 is 29.9 Å². The molecule has 0 spiro atoms. The van der Waals surface area contributed by atoms with Crippen molar-refractivity contribution in [2.45, 2.75) is 64.5 Å². The molecule has 2 rings (SSSR count). The van der Waals surface area contributed by atoms with Gasteiger partial charge in [0.15, 0.2) is 5.96 Å². The van der Waals surface area contributed by atoms with Gasteiger partial charge >= 0.3 is 0 Å². The van der Waals surface area contributed by atoms with Gasteiger partial charge in [-0.25, -0.2) is 0 Å². The molecule has 2 fully saturated rings. The van der Waals surface area contributed by atoms with Crippen LogP contribution in [0.15, 0.2) is 4.99 Å². The topological polar surface area (TPSA) is 52.1 Å². The number of morpholine rings is 1. The first-order chi connectivity index (χ1) is 12.7. The lowest BCUT2D eigenvalue weighted by atomic mass is 9.94. The molecule has 1 unspecified atom stereocenters. The van der Waals surface area contributed by atoms with Crippen LogP contribution in [0.5, 0.6) is 0 Å². The van der Waals surface area contributed by atoms with Crippen molar-refractivity contribution in [1.29, 1.82) is 0 Å². The number of halogens is 1. The Morgan fingerprint density at radius 1 is 1.19 bits per heavy atom. The van der Waals surface area contributed by atoms with E-state index in [4.69, 9.17) is 9.73 Å². The summed E-state index contributed by atoms with van der Waals surface area (Å²) >= 11 is 0. The standard InChI is InChI=1S/C20H41N5O.HI/c1-4-21-20(23-17-18(2)25-13-15-26-16-14-25)22-11-8-12-24(3)19-9-6-5-7-10-19;/h18-19H,4-17H2,1-3H3,(H2,21,22,23);1H. The zero-order valence-electron chi connectivity index (χ0n) is 17.7. The summed E-state index contributed by atoms with van der Waals surface area (Å²) in [5.41, 5.74) is 0. The lowest BCUT2D eigenvalue weighted by molar-refractivity contribution is 0.0220. The third kappa shape index (κ3) is 9.76. The van der Waals surface area contributed by atoms with Crippen LogP contribution in [0.1, 0.15) is 52.4 Å². The zero-order valence-corrected chi connectivity index (χ0v) is 20.0. The Labute approximate surface area is 183 Å². The monoisotopic (exact) mass is 495 g/mol. The molecule has 2 aliphatic rings. The Hall–Kier alpha value is -0.120. The summed E-state index contributed by atoms with van der Waals surface area (Å²) < 4.78 is 5.44. The molecule has 7 heteroatoms. The quantitative estimate of drug-likeness (QED) is 0.223. The third-order valence-corrected chi connectivity index (χ3v) is 5.70. The summed E-state index contributed by atoms with van der Waals surface area (Å²) in [5.74, 6) is 0.952. The van der Waals surface area contributed by atoms with Crippen molar-refractivity contribution in [3.63, 3.8) is 0 Å². The van der Waals surface area contributed by atoms with E-state index in [0.29, 0.717) is 6.04 Å². The fourth-order valence-corrected chi connectivity index (χ4v) is 3.94. The molecule has 160 valence electrons. The third-order valence-electron chi connectivity index (χ3n) is 5.70. The van der Waals surface area contributed by atoms with Crippen LogP contribution in [0.4, 0.5) is 0 Å². The number of nitrogens with zero attached hydrogens (tertiary/aromatic N) is 3. The van der Waals surface area contributed by atoms with E-state index in [1.807, 2.05) is 0 Å². The maximum atomic E-state index is 5.44. The SMILES string of the molecule is CCNC(=NCC(C)N1CCOCC1)NCCCN(C)C1CCCCC1.I. The van der Waals surface area contributed by atoms with E-state index in [0.717, 1.165) is 64.4 Å². The number of guanidine groups is 1. The van der Waals surface area contributed by atoms with Crippen LogP contribution < -0.4 is 10.6 Å². The van der Waals surface area contributed by atoms with Crippen molar-refractivity contribution in [3.8, 4) is 0 Å². The van der Waals surface area contributed by atoms with Crippen LogP contribution in [0.2, 0.25) is 0 Å². The molecule has 1 saturated carbocycles. The number of ether oxygens (including phenoxy) is 1. The molecule has 1 aliphatic carbocycles. The highest BCUT2D eigenvalue weighted by molar-refractivity contribution is 14.0. The summed E-state index contributed by atoms with van der Waals surface area (Å²) in [5, 5.41) is 6.88. The van der Waals surface area contributed by atoms with E-state index in [2.05, 4.69) is 41.3 Å². The minimum Gasteiger partial charge on any atom is -0.379 e.